The summed E-state index contributed by atoms with van der Waals surface area (Å²) in [6.07, 6.45) is -1.11. The first kappa shape index (κ1) is 24.9. The summed E-state index contributed by atoms with van der Waals surface area (Å²) in [5.74, 6) is -0.258. The van der Waals surface area contributed by atoms with E-state index in [9.17, 15) is 18.0 Å². The van der Waals surface area contributed by atoms with E-state index in [1.54, 1.807) is 18.3 Å². The summed E-state index contributed by atoms with van der Waals surface area (Å²) in [4.78, 5) is 21.8. The molecule has 1 amide bonds. The Hall–Kier alpha value is -2.82. The van der Waals surface area contributed by atoms with Crippen LogP contribution in [0, 0.1) is 0 Å². The molecule has 188 valence electrons. The summed E-state index contributed by atoms with van der Waals surface area (Å²) >= 11 is 7.17. The molecule has 5 rings (SSSR count). The molecule has 0 aliphatic carbocycles. The maximum absolute atomic E-state index is 13.5. The number of amidine groups is 1. The van der Waals surface area contributed by atoms with Crippen LogP contribution < -0.4 is 0 Å². The van der Waals surface area contributed by atoms with Gasteiger partial charge in [0.2, 0.25) is 0 Å². The number of nitrogens with zero attached hydrogens (tertiary/aromatic N) is 5. The van der Waals surface area contributed by atoms with E-state index in [1.807, 2.05) is 12.1 Å². The second-order valence-electron chi connectivity index (χ2n) is 8.65. The number of amides is 1. The topological polar surface area (TPSA) is 53.7 Å². The maximum Gasteiger partial charge on any atom is 0.416 e. The first-order valence-corrected chi connectivity index (χ1v) is 12.7. The van der Waals surface area contributed by atoms with Crippen molar-refractivity contribution in [3.05, 3.63) is 69.2 Å². The minimum absolute atomic E-state index is 0.0313. The van der Waals surface area contributed by atoms with Crippen LogP contribution in [0.3, 0.4) is 0 Å². The molecule has 1 aromatic heterocycles. The third-order valence-corrected chi connectivity index (χ3v) is 7.64. The highest BCUT2D eigenvalue weighted by Gasteiger charge is 2.34. The molecule has 0 spiro atoms. The second kappa shape index (κ2) is 9.91. The number of likely N-dealkylation sites (N-methyl/N-ethyl adjacent to an activating group) is 1. The van der Waals surface area contributed by atoms with Gasteiger partial charge in [-0.25, -0.2) is 0 Å². The average Bonchev–Trinajstić information content (AvgIpc) is 3.42. The molecule has 0 N–H and O–H groups in total. The molecule has 6 nitrogen and oxygen atoms in total. The van der Waals surface area contributed by atoms with Gasteiger partial charge in [0, 0.05) is 36.6 Å². The van der Waals surface area contributed by atoms with E-state index in [0.717, 1.165) is 54.9 Å². The fraction of sp³-hybridized carbons (Fsp3) is 0.320. The third-order valence-electron chi connectivity index (χ3n) is 6.36. The summed E-state index contributed by atoms with van der Waals surface area (Å²) in [5, 5.41) is 5.83. The van der Waals surface area contributed by atoms with E-state index in [1.165, 1.54) is 28.6 Å². The van der Waals surface area contributed by atoms with Gasteiger partial charge < -0.3 is 9.80 Å². The van der Waals surface area contributed by atoms with Crippen molar-refractivity contribution in [3.63, 3.8) is 0 Å². The lowest BCUT2D eigenvalue weighted by Crippen LogP contribution is -2.47. The predicted molar refractivity (Wildman–Crippen MR) is 137 cm³/mol. The Morgan fingerprint density at radius 3 is 2.61 bits per heavy atom. The molecule has 2 aromatic carbocycles. The second-order valence-corrected chi connectivity index (χ2v) is 10.1. The summed E-state index contributed by atoms with van der Waals surface area (Å²) in [6, 6.07) is 9.24. The highest BCUT2D eigenvalue weighted by Crippen LogP contribution is 2.35. The van der Waals surface area contributed by atoms with Crippen LogP contribution in [0.15, 0.2) is 52.5 Å². The lowest BCUT2D eigenvalue weighted by molar-refractivity contribution is -0.138. The molecule has 11 heteroatoms. The number of hydrogen-bond donors (Lipinski definition) is 0. The first-order valence-electron chi connectivity index (χ1n) is 11.5. The quantitative estimate of drug-likeness (QED) is 0.422. The van der Waals surface area contributed by atoms with Crippen LogP contribution in [0.25, 0.3) is 17.0 Å². The molecular formula is C25H23ClF3N5OS. The minimum atomic E-state index is -4.52. The molecule has 0 saturated carbocycles. The van der Waals surface area contributed by atoms with Crippen LogP contribution in [-0.4, -0.2) is 63.4 Å². The van der Waals surface area contributed by atoms with E-state index < -0.39 is 11.7 Å². The van der Waals surface area contributed by atoms with Crippen molar-refractivity contribution >= 4 is 51.4 Å². The number of aromatic nitrogens is 2. The number of benzene rings is 2. The van der Waals surface area contributed by atoms with E-state index in [-0.39, 0.29) is 23.0 Å². The van der Waals surface area contributed by atoms with Crippen molar-refractivity contribution in [1.29, 1.82) is 0 Å². The summed E-state index contributed by atoms with van der Waals surface area (Å²) in [6.45, 7) is 6.69. The van der Waals surface area contributed by atoms with Crippen LogP contribution in [0.1, 0.15) is 23.6 Å². The van der Waals surface area contributed by atoms with Crippen molar-refractivity contribution in [3.8, 4) is 0 Å². The molecule has 0 bridgehead atoms. The smallest absolute Gasteiger partial charge is 0.348 e. The number of thioether (sulfide) groups is 1. The standard InChI is InChI=1S/C25H23ClF3N5OS/c1-2-32-7-9-33(10-8-32)24-31-23(35)22(36-24)12-16-3-6-21-18(11-16)14-30-34(21)15-17-4-5-19(26)13-20(17)25(27,28)29/h3-6,11-14H,2,7-10,15H2,1H3/b22-12-. The molecule has 3 heterocycles. The van der Waals surface area contributed by atoms with Gasteiger partial charge in [0.05, 0.1) is 28.7 Å². The number of fused-ring (bicyclic) bond motifs is 1. The molecule has 0 atom stereocenters. The van der Waals surface area contributed by atoms with Gasteiger partial charge in [-0.2, -0.15) is 23.3 Å². The Labute approximate surface area is 215 Å². The maximum atomic E-state index is 13.5. The van der Waals surface area contributed by atoms with Crippen molar-refractivity contribution in [1.82, 2.24) is 19.6 Å². The lowest BCUT2D eigenvalue weighted by atomic mass is 10.1. The average molecular weight is 534 g/mol. The van der Waals surface area contributed by atoms with Crippen molar-refractivity contribution in [2.24, 2.45) is 4.99 Å². The van der Waals surface area contributed by atoms with Gasteiger partial charge in [-0.15, -0.1) is 0 Å². The van der Waals surface area contributed by atoms with Crippen LogP contribution in [0.4, 0.5) is 13.2 Å². The van der Waals surface area contributed by atoms with E-state index in [4.69, 9.17) is 11.6 Å². The van der Waals surface area contributed by atoms with Crippen molar-refractivity contribution in [2.45, 2.75) is 19.6 Å². The number of piperazine rings is 1. The summed E-state index contributed by atoms with van der Waals surface area (Å²) in [5.41, 5.74) is 0.799. The zero-order valence-corrected chi connectivity index (χ0v) is 21.0. The number of aliphatic imine (C=N–C) groups is 1. The molecular weight excluding hydrogens is 511 g/mol. The summed E-state index contributed by atoms with van der Waals surface area (Å²) < 4.78 is 42.0. The number of rotatable bonds is 4. The number of carbonyl (C=O) groups is 1. The number of hydrogen-bond acceptors (Lipinski definition) is 5. The zero-order chi connectivity index (χ0) is 25.4. The SMILES string of the molecule is CCN1CCN(C2=NC(=O)/C(=C/c3ccc4c(cnn4Cc4ccc(Cl)cc4C(F)(F)F)c3)S2)CC1. The molecule has 36 heavy (non-hydrogen) atoms. The monoisotopic (exact) mass is 533 g/mol. The Kier molecular flexibility index (Phi) is 6.84. The Bertz CT molecular complexity index is 1380. The molecule has 3 aromatic rings. The summed E-state index contributed by atoms with van der Waals surface area (Å²) in [7, 11) is 0. The van der Waals surface area contributed by atoms with Crippen LogP contribution in [0.2, 0.25) is 5.02 Å². The van der Waals surface area contributed by atoms with Gasteiger partial charge >= 0.3 is 6.18 Å². The van der Waals surface area contributed by atoms with Gasteiger partial charge in [-0.05, 0) is 59.8 Å². The lowest BCUT2D eigenvalue weighted by Gasteiger charge is -2.34. The largest absolute Gasteiger partial charge is 0.416 e. The Balaban J connectivity index is 1.33. The van der Waals surface area contributed by atoms with E-state index in [0.29, 0.717) is 10.4 Å². The van der Waals surface area contributed by atoms with Crippen LogP contribution in [0.5, 0.6) is 0 Å². The number of carbonyl (C=O) groups excluding carboxylic acids is 1. The molecule has 2 aliphatic heterocycles. The Morgan fingerprint density at radius 1 is 1.11 bits per heavy atom. The zero-order valence-electron chi connectivity index (χ0n) is 19.4. The number of halogens is 4. The van der Waals surface area contributed by atoms with Gasteiger partial charge in [0.15, 0.2) is 5.17 Å². The van der Waals surface area contributed by atoms with Crippen LogP contribution in [-0.2, 0) is 17.5 Å². The number of alkyl halides is 3. The minimum Gasteiger partial charge on any atom is -0.348 e. The van der Waals surface area contributed by atoms with Gasteiger partial charge in [-0.3, -0.25) is 9.48 Å². The van der Waals surface area contributed by atoms with E-state index >= 15 is 0 Å². The Morgan fingerprint density at radius 2 is 1.89 bits per heavy atom. The normalized spacial score (nSPS) is 18.5. The van der Waals surface area contributed by atoms with Crippen molar-refractivity contribution < 1.29 is 18.0 Å². The van der Waals surface area contributed by atoms with Crippen molar-refractivity contribution in [2.75, 3.05) is 32.7 Å². The predicted octanol–water partition coefficient (Wildman–Crippen LogP) is 5.36. The van der Waals surface area contributed by atoms with Crippen LogP contribution >= 0.6 is 23.4 Å². The van der Waals surface area contributed by atoms with Gasteiger partial charge in [0.25, 0.3) is 5.91 Å². The first-order chi connectivity index (χ1) is 17.2. The fourth-order valence-corrected chi connectivity index (χ4v) is 5.51. The van der Waals surface area contributed by atoms with Gasteiger partial charge in [-0.1, -0.05) is 30.7 Å². The fourth-order valence-electron chi connectivity index (χ4n) is 4.37. The molecule has 2 aliphatic rings. The highest BCUT2D eigenvalue weighted by atomic mass is 35.5. The molecule has 0 unspecified atom stereocenters. The van der Waals surface area contributed by atoms with Gasteiger partial charge in [0.1, 0.15) is 0 Å². The molecule has 0 radical (unpaired) electrons. The third kappa shape index (κ3) is 5.16. The molecule has 1 saturated heterocycles. The van der Waals surface area contributed by atoms with E-state index in [2.05, 4.69) is 26.8 Å². The molecule has 1 fully saturated rings. The highest BCUT2D eigenvalue weighted by molar-refractivity contribution is 8.18.